The van der Waals surface area contributed by atoms with Crippen molar-refractivity contribution in [3.8, 4) is 34.0 Å². The first-order chi connectivity index (χ1) is 30.3. The number of nitrogens with one attached hydrogen (secondary N) is 3. The molecular formula is C43H55F2N13O3S2. The number of nitrogens with zero attached hydrogens (tertiary/aromatic N) is 9. The molecule has 20 heteroatoms. The van der Waals surface area contributed by atoms with E-state index in [4.69, 9.17) is 25.4 Å². The molecule has 2 aromatic carbocycles. The summed E-state index contributed by atoms with van der Waals surface area (Å²) in [6.45, 7) is 12.8. The van der Waals surface area contributed by atoms with Crippen molar-refractivity contribution in [2.24, 2.45) is 5.73 Å². The Morgan fingerprint density at radius 1 is 0.762 bits per heavy atom. The minimum atomic E-state index is -0.502. The van der Waals surface area contributed by atoms with Crippen molar-refractivity contribution in [3.63, 3.8) is 0 Å². The van der Waals surface area contributed by atoms with Crippen LogP contribution in [0.15, 0.2) is 48.8 Å². The average molecular weight is 904 g/mol. The van der Waals surface area contributed by atoms with Crippen LogP contribution in [-0.4, -0.2) is 136 Å². The van der Waals surface area contributed by atoms with E-state index in [1.54, 1.807) is 47.5 Å². The number of hydrogen-bond acceptors (Lipinski definition) is 15. The summed E-state index contributed by atoms with van der Waals surface area (Å²) in [6, 6.07) is 9.00. The number of fused-ring (bicyclic) bond motifs is 2. The summed E-state index contributed by atoms with van der Waals surface area (Å²) in [5, 5.41) is 22.4. The van der Waals surface area contributed by atoms with Gasteiger partial charge in [0, 0.05) is 112 Å². The van der Waals surface area contributed by atoms with Crippen LogP contribution in [0.25, 0.3) is 32.4 Å². The van der Waals surface area contributed by atoms with Crippen molar-refractivity contribution in [2.45, 2.75) is 62.6 Å². The molecular weight excluding hydrogens is 849 g/mol. The predicted molar refractivity (Wildman–Crippen MR) is 242 cm³/mol. The number of carbonyl (C=O) groups is 1. The van der Waals surface area contributed by atoms with Gasteiger partial charge >= 0.3 is 0 Å². The van der Waals surface area contributed by atoms with Crippen LogP contribution in [0.4, 0.5) is 19.0 Å². The summed E-state index contributed by atoms with van der Waals surface area (Å²) in [4.78, 5) is 30.0. The Morgan fingerprint density at radius 2 is 1.27 bits per heavy atom. The number of aromatic nitrogens is 6. The van der Waals surface area contributed by atoms with E-state index in [2.05, 4.69) is 35.7 Å². The van der Waals surface area contributed by atoms with E-state index in [1.165, 1.54) is 42.7 Å². The number of anilines is 2. The average Bonchev–Trinajstić information content (AvgIpc) is 4.07. The lowest BCUT2D eigenvalue weighted by Gasteiger charge is -2.48. The van der Waals surface area contributed by atoms with E-state index in [9.17, 15) is 13.6 Å². The quantitative estimate of drug-likeness (QED) is 0.167. The maximum atomic E-state index is 13.7. The predicted octanol–water partition coefficient (Wildman–Crippen LogP) is 4.64. The monoisotopic (exact) mass is 903 g/mol. The Bertz CT molecular complexity index is 2560. The number of ether oxygens (including phenoxy) is 2. The fourth-order valence-electron chi connectivity index (χ4n) is 9.16. The fourth-order valence-corrected chi connectivity index (χ4v) is 11.0. The Morgan fingerprint density at radius 3 is 1.75 bits per heavy atom. The van der Waals surface area contributed by atoms with E-state index in [-0.39, 0.29) is 28.6 Å². The lowest BCUT2D eigenvalue weighted by Crippen LogP contribution is -2.65. The Kier molecular flexibility index (Phi) is 12.0. The third kappa shape index (κ3) is 9.06. The van der Waals surface area contributed by atoms with Crippen LogP contribution in [0, 0.1) is 11.6 Å². The molecule has 8 heterocycles. The van der Waals surface area contributed by atoms with Gasteiger partial charge in [0.2, 0.25) is 26.1 Å². The van der Waals surface area contributed by atoms with Crippen molar-refractivity contribution in [2.75, 3.05) is 89.5 Å². The van der Waals surface area contributed by atoms with Crippen LogP contribution in [0.2, 0.25) is 0 Å². The van der Waals surface area contributed by atoms with Gasteiger partial charge in [0.05, 0.1) is 38.0 Å². The van der Waals surface area contributed by atoms with Gasteiger partial charge in [0.1, 0.15) is 23.1 Å². The van der Waals surface area contributed by atoms with Crippen molar-refractivity contribution >= 4 is 48.8 Å². The van der Waals surface area contributed by atoms with Gasteiger partial charge in [0.15, 0.2) is 0 Å². The number of carbonyl (C=O) groups excluding carboxylic acids is 1. The molecule has 63 heavy (non-hydrogen) atoms. The maximum Gasteiger partial charge on any atom is 0.224 e. The smallest absolute Gasteiger partial charge is 0.224 e. The molecule has 0 radical (unpaired) electrons. The Labute approximate surface area is 372 Å². The normalized spacial score (nSPS) is 18.9. The van der Waals surface area contributed by atoms with Crippen molar-refractivity contribution in [1.82, 2.24) is 50.0 Å². The van der Waals surface area contributed by atoms with Crippen LogP contribution in [0.5, 0.6) is 11.5 Å². The van der Waals surface area contributed by atoms with Gasteiger partial charge in [-0.25, -0.2) is 27.8 Å². The number of hydrogen-bond donors (Lipinski definition) is 4. The van der Waals surface area contributed by atoms with Crippen molar-refractivity contribution in [3.05, 3.63) is 60.4 Å². The lowest BCUT2D eigenvalue weighted by atomic mass is 9.85. The fraction of sp³-hybridized carbons (Fsp3) is 0.512. The molecule has 4 aromatic heterocycles. The second-order valence-electron chi connectivity index (χ2n) is 17.7. The summed E-state index contributed by atoms with van der Waals surface area (Å²) < 4.78 is 41.6. The highest BCUT2D eigenvalue weighted by molar-refractivity contribution is 7.20. The third-order valence-electron chi connectivity index (χ3n) is 12.6. The SMILES string of the molecule is COc1cc(F)ccc1-c1cnc2sc(N3CCC4(CC3)CN(C(=O)CC(C)(C)N)CCN4)nn12.COc1cc(F)ccc1-c1cnc2sc(N3CCC4(CC3)CNCCN4)nn12. The van der Waals surface area contributed by atoms with E-state index in [0.717, 1.165) is 127 Å². The van der Waals surface area contributed by atoms with E-state index in [0.29, 0.717) is 24.5 Å². The van der Waals surface area contributed by atoms with Gasteiger partial charge in [-0.05, 0) is 63.8 Å². The molecule has 6 aromatic rings. The second-order valence-corrected chi connectivity index (χ2v) is 19.5. The molecule has 0 aliphatic carbocycles. The van der Waals surface area contributed by atoms with E-state index in [1.807, 2.05) is 23.3 Å². The molecule has 0 atom stereocenters. The highest BCUT2D eigenvalue weighted by Crippen LogP contribution is 2.37. The molecule has 2 spiro atoms. The van der Waals surface area contributed by atoms with Gasteiger partial charge < -0.3 is 45.9 Å². The van der Waals surface area contributed by atoms with Crippen LogP contribution >= 0.6 is 22.7 Å². The molecule has 10 rings (SSSR count). The summed E-state index contributed by atoms with van der Waals surface area (Å²) in [6.07, 6.45) is 7.90. The van der Waals surface area contributed by atoms with Crippen LogP contribution < -0.4 is 41.0 Å². The van der Waals surface area contributed by atoms with Crippen LogP contribution in [-0.2, 0) is 4.79 Å². The van der Waals surface area contributed by atoms with Crippen molar-refractivity contribution in [1.29, 1.82) is 0 Å². The highest BCUT2D eigenvalue weighted by Gasteiger charge is 2.41. The lowest BCUT2D eigenvalue weighted by molar-refractivity contribution is -0.134. The topological polar surface area (TPSA) is 168 Å². The number of rotatable bonds is 8. The second kappa shape index (κ2) is 17.5. The number of methoxy groups -OCH3 is 2. The van der Waals surface area contributed by atoms with Crippen molar-refractivity contribution < 1.29 is 23.0 Å². The minimum absolute atomic E-state index is 0.0762. The van der Waals surface area contributed by atoms with E-state index < -0.39 is 5.54 Å². The molecule has 0 unspecified atom stereocenters. The molecule has 1 amide bonds. The molecule has 16 nitrogen and oxygen atoms in total. The first-order valence-electron chi connectivity index (χ1n) is 21.5. The number of nitrogens with two attached hydrogens (primary N) is 1. The molecule has 0 saturated carbocycles. The molecule has 0 bridgehead atoms. The number of amides is 1. The molecule has 4 aliphatic rings. The zero-order valence-corrected chi connectivity index (χ0v) is 37.8. The Hall–Kier alpha value is -4.99. The number of piperidine rings is 2. The maximum absolute atomic E-state index is 13.7. The van der Waals surface area contributed by atoms with Gasteiger partial charge in [-0.3, -0.25) is 4.79 Å². The van der Waals surface area contributed by atoms with Crippen LogP contribution in [0.1, 0.15) is 46.0 Å². The number of imidazole rings is 2. The molecule has 4 saturated heterocycles. The Balaban J connectivity index is 0.000000164. The van der Waals surface area contributed by atoms with Gasteiger partial charge in [-0.1, -0.05) is 22.7 Å². The largest absolute Gasteiger partial charge is 0.496 e. The minimum Gasteiger partial charge on any atom is -0.496 e. The number of piperazine rings is 2. The zero-order valence-electron chi connectivity index (χ0n) is 36.1. The molecule has 4 fully saturated rings. The van der Waals surface area contributed by atoms with Gasteiger partial charge in [-0.15, -0.1) is 10.2 Å². The number of halogens is 2. The van der Waals surface area contributed by atoms with Gasteiger partial charge in [0.25, 0.3) is 0 Å². The number of benzene rings is 2. The van der Waals surface area contributed by atoms with Crippen LogP contribution in [0.3, 0.4) is 0 Å². The van der Waals surface area contributed by atoms with E-state index >= 15 is 0 Å². The highest BCUT2D eigenvalue weighted by atomic mass is 32.1. The molecule has 336 valence electrons. The molecule has 5 N–H and O–H groups in total. The summed E-state index contributed by atoms with van der Waals surface area (Å²) in [5.74, 6) is 0.379. The summed E-state index contributed by atoms with van der Waals surface area (Å²) in [5.41, 5.74) is 8.82. The summed E-state index contributed by atoms with van der Waals surface area (Å²) in [7, 11) is 3.07. The molecule has 4 aliphatic heterocycles. The first kappa shape index (κ1) is 43.3. The third-order valence-corrected chi connectivity index (χ3v) is 14.6. The standard InChI is InChI=1S/C24H32FN7O2S.C19H23FN6OS/c1-23(2,26)13-20(33)31-11-8-28-24(15-31)6-9-30(10-7-24)22-29-32-18(14-27-21(32)35-22)17-5-4-16(25)12-19(17)34-3;1-27-16-10-13(20)2-3-14(16)15-11-22-17-26(15)24-18(28-17)25-8-4-19(5-9-25)12-21-6-7-23-19/h4-5,12,14,28H,6-11,13,15,26H2,1-3H3;2-3,10-11,21,23H,4-9,12H2,1H3. The zero-order chi connectivity index (χ0) is 43.9. The summed E-state index contributed by atoms with van der Waals surface area (Å²) >= 11 is 3.12. The van der Waals surface area contributed by atoms with Gasteiger partial charge in [-0.2, -0.15) is 0 Å². The first-order valence-corrected chi connectivity index (χ1v) is 23.1.